The minimum atomic E-state index is -1.09. The first-order valence-corrected chi connectivity index (χ1v) is 8.55. The summed E-state index contributed by atoms with van der Waals surface area (Å²) in [4.78, 5) is 26.8. The molecule has 0 unspecified atom stereocenters. The Morgan fingerprint density at radius 3 is 2.73 bits per heavy atom. The molecule has 0 aliphatic rings. The molecule has 26 heavy (non-hydrogen) atoms. The van der Waals surface area contributed by atoms with Gasteiger partial charge in [-0.3, -0.25) is 0 Å². The van der Waals surface area contributed by atoms with Gasteiger partial charge in [0.1, 0.15) is 16.9 Å². The van der Waals surface area contributed by atoms with Crippen LogP contribution in [0.5, 0.6) is 0 Å². The average Bonchev–Trinajstić information content (AvgIpc) is 2.88. The number of carboxylic acids is 1. The molecule has 7 nitrogen and oxygen atoms in total. The summed E-state index contributed by atoms with van der Waals surface area (Å²) in [5, 5.41) is 11.6. The van der Waals surface area contributed by atoms with Crippen molar-refractivity contribution in [3.63, 3.8) is 0 Å². The van der Waals surface area contributed by atoms with Gasteiger partial charge in [0, 0.05) is 11.0 Å². The van der Waals surface area contributed by atoms with Crippen LogP contribution in [0.2, 0.25) is 0 Å². The van der Waals surface area contributed by atoms with Crippen LogP contribution in [0.3, 0.4) is 0 Å². The molecule has 0 fully saturated rings. The molecular weight excluding hydrogens is 409 g/mol. The topological polar surface area (TPSA) is 93.5 Å². The van der Waals surface area contributed by atoms with Crippen LogP contribution in [-0.2, 0) is 11.3 Å². The second-order valence-electron chi connectivity index (χ2n) is 6.54. The summed E-state index contributed by atoms with van der Waals surface area (Å²) in [5.41, 5.74) is 0.467. The van der Waals surface area contributed by atoms with Gasteiger partial charge in [-0.2, -0.15) is 0 Å². The van der Waals surface area contributed by atoms with E-state index in [1.807, 2.05) is 0 Å². The van der Waals surface area contributed by atoms with Crippen molar-refractivity contribution in [2.24, 2.45) is 0 Å². The largest absolute Gasteiger partial charge is 0.478 e. The third-order valence-corrected chi connectivity index (χ3v) is 3.82. The molecule has 1 heterocycles. The normalized spacial score (nSPS) is 12.3. The number of aromatic nitrogens is 2. The lowest BCUT2D eigenvalue weighted by molar-refractivity contribution is 0.0533. The van der Waals surface area contributed by atoms with Crippen LogP contribution in [0.15, 0.2) is 34.8 Å². The number of fused-ring (bicyclic) bond motifs is 1. The van der Waals surface area contributed by atoms with E-state index in [2.05, 4.69) is 26.2 Å². The van der Waals surface area contributed by atoms with E-state index in [0.717, 1.165) is 0 Å². The maximum Gasteiger partial charge on any atom is 0.407 e. The van der Waals surface area contributed by atoms with E-state index in [1.165, 1.54) is 29.1 Å². The number of halogens is 2. The highest BCUT2D eigenvalue weighted by atomic mass is 79.9. The molecule has 1 aromatic heterocycles. The van der Waals surface area contributed by atoms with Crippen molar-refractivity contribution in [2.75, 3.05) is 6.54 Å². The lowest BCUT2D eigenvalue weighted by Crippen LogP contribution is -2.32. The minimum Gasteiger partial charge on any atom is -0.478 e. The quantitative estimate of drug-likeness (QED) is 0.754. The number of hydrogen-bond donors (Lipinski definition) is 2. The highest BCUT2D eigenvalue weighted by Gasteiger charge is 2.15. The number of ether oxygens (including phenoxy) is 1. The van der Waals surface area contributed by atoms with Crippen molar-refractivity contribution in [1.29, 1.82) is 0 Å². The van der Waals surface area contributed by atoms with E-state index in [4.69, 9.17) is 9.84 Å². The van der Waals surface area contributed by atoms with Crippen molar-refractivity contribution in [3.8, 4) is 0 Å². The number of carbonyl (C=O) groups is 2. The number of rotatable bonds is 5. The molecule has 9 heteroatoms. The Morgan fingerprint density at radius 1 is 1.42 bits per heavy atom. The van der Waals surface area contributed by atoms with Gasteiger partial charge in [0.05, 0.1) is 24.0 Å². The lowest BCUT2D eigenvalue weighted by Gasteiger charge is -2.19. The lowest BCUT2D eigenvalue weighted by atomic mass is 10.2. The Bertz CT molecular complexity index is 871. The van der Waals surface area contributed by atoms with Gasteiger partial charge < -0.3 is 19.7 Å². The number of amides is 1. The molecule has 2 aromatic rings. The number of allylic oxidation sites excluding steroid dienone is 1. The third-order valence-electron chi connectivity index (χ3n) is 3.22. The molecule has 2 N–H and O–H groups in total. The summed E-state index contributed by atoms with van der Waals surface area (Å²) in [7, 11) is 0. The van der Waals surface area contributed by atoms with E-state index in [1.54, 1.807) is 20.8 Å². The predicted octanol–water partition coefficient (Wildman–Crippen LogP) is 3.88. The zero-order chi connectivity index (χ0) is 19.5. The number of carbonyl (C=O) groups excluding carboxylic acids is 1. The highest BCUT2D eigenvalue weighted by Crippen LogP contribution is 2.25. The molecule has 0 saturated carbocycles. The van der Waals surface area contributed by atoms with Gasteiger partial charge in [-0.25, -0.2) is 19.0 Å². The average molecular weight is 428 g/mol. The van der Waals surface area contributed by atoms with Crippen molar-refractivity contribution in [3.05, 3.63) is 40.4 Å². The fraction of sp³-hybridized carbons (Fsp3) is 0.353. The van der Waals surface area contributed by atoms with Gasteiger partial charge in [-0.15, -0.1) is 0 Å². The van der Waals surface area contributed by atoms with Crippen LogP contribution >= 0.6 is 15.9 Å². The Balaban J connectivity index is 2.08. The second kappa shape index (κ2) is 7.86. The first-order chi connectivity index (χ1) is 12.1. The van der Waals surface area contributed by atoms with Crippen molar-refractivity contribution < 1.29 is 23.8 Å². The fourth-order valence-electron chi connectivity index (χ4n) is 2.16. The second-order valence-corrected chi connectivity index (χ2v) is 7.39. The summed E-state index contributed by atoms with van der Waals surface area (Å²) in [6, 6.07) is 2.88. The van der Waals surface area contributed by atoms with E-state index < -0.39 is 23.5 Å². The summed E-state index contributed by atoms with van der Waals surface area (Å²) in [5.74, 6) is -1.59. The molecule has 1 amide bonds. The Kier molecular flexibility index (Phi) is 6.01. The predicted molar refractivity (Wildman–Crippen MR) is 97.8 cm³/mol. The number of nitrogens with zero attached hydrogens (tertiary/aromatic N) is 2. The number of aromatic carboxylic acids is 1. The molecule has 2 rings (SSSR count). The molecule has 0 radical (unpaired) electrons. The summed E-state index contributed by atoms with van der Waals surface area (Å²) in [6.07, 6.45) is 2.01. The third kappa shape index (κ3) is 5.29. The van der Waals surface area contributed by atoms with Gasteiger partial charge in [0.15, 0.2) is 0 Å². The first kappa shape index (κ1) is 19.9. The van der Waals surface area contributed by atoms with E-state index in [-0.39, 0.29) is 18.7 Å². The molecule has 0 spiro atoms. The van der Waals surface area contributed by atoms with Crippen LogP contribution in [0.4, 0.5) is 9.18 Å². The Hall–Kier alpha value is -2.42. The van der Waals surface area contributed by atoms with Gasteiger partial charge in [-0.1, -0.05) is 0 Å². The number of benzene rings is 1. The highest BCUT2D eigenvalue weighted by molar-refractivity contribution is 9.10. The van der Waals surface area contributed by atoms with E-state index in [9.17, 15) is 14.0 Å². The molecule has 0 aliphatic heterocycles. The Morgan fingerprint density at radius 2 is 2.12 bits per heavy atom. The molecule has 0 saturated heterocycles. The molecule has 0 atom stereocenters. The smallest absolute Gasteiger partial charge is 0.407 e. The number of carboxylic acid groups (broad SMARTS) is 1. The maximum atomic E-state index is 14.1. The van der Waals surface area contributed by atoms with E-state index in [0.29, 0.717) is 15.5 Å². The molecule has 140 valence electrons. The fourth-order valence-corrected chi connectivity index (χ4v) is 2.71. The number of hydrogen-bond acceptors (Lipinski definition) is 4. The monoisotopic (exact) mass is 427 g/mol. The van der Waals surface area contributed by atoms with Crippen LogP contribution in [-0.4, -0.2) is 38.9 Å². The maximum absolute atomic E-state index is 14.1. The van der Waals surface area contributed by atoms with Crippen molar-refractivity contribution in [1.82, 2.24) is 14.9 Å². The van der Waals surface area contributed by atoms with Gasteiger partial charge in [0.2, 0.25) is 0 Å². The molecular formula is C17H19BrFN3O4. The zero-order valence-corrected chi connectivity index (χ0v) is 16.1. The van der Waals surface area contributed by atoms with E-state index >= 15 is 0 Å². The summed E-state index contributed by atoms with van der Waals surface area (Å²) < 4.78 is 21.2. The van der Waals surface area contributed by atoms with Crippen molar-refractivity contribution in [2.45, 2.75) is 32.9 Å². The van der Waals surface area contributed by atoms with Crippen molar-refractivity contribution >= 4 is 39.0 Å². The van der Waals surface area contributed by atoms with Gasteiger partial charge in [0.25, 0.3) is 0 Å². The minimum absolute atomic E-state index is 0.0303. The molecule has 0 aliphatic carbocycles. The number of imidazole rings is 1. The van der Waals surface area contributed by atoms with Crippen LogP contribution in [0.1, 0.15) is 31.1 Å². The Labute approximate surface area is 158 Å². The zero-order valence-electron chi connectivity index (χ0n) is 14.5. The summed E-state index contributed by atoms with van der Waals surface area (Å²) in [6.45, 7) is 5.03. The molecule has 0 bridgehead atoms. The van der Waals surface area contributed by atoms with Crippen LogP contribution in [0.25, 0.3) is 11.0 Å². The SMILES string of the molecule is CC(C)(C)OC(=O)NC/C=C(\F)Cn1cnc2c(Br)cc(C(=O)O)cc21. The van der Waals surface area contributed by atoms with Crippen LogP contribution < -0.4 is 5.32 Å². The number of alkyl carbamates (subject to hydrolysis) is 1. The molecule has 1 aromatic carbocycles. The summed E-state index contributed by atoms with van der Waals surface area (Å²) >= 11 is 3.27. The first-order valence-electron chi connectivity index (χ1n) is 7.76. The van der Waals surface area contributed by atoms with Gasteiger partial charge in [-0.05, 0) is 54.9 Å². The van der Waals surface area contributed by atoms with Crippen LogP contribution in [0, 0.1) is 0 Å². The van der Waals surface area contributed by atoms with Gasteiger partial charge >= 0.3 is 12.1 Å². The standard InChI is InChI=1S/C17H19BrFN3O4/c1-17(2,3)26-16(25)20-5-4-11(19)8-22-9-21-14-12(18)6-10(15(23)24)7-13(14)22/h4,6-7,9H,5,8H2,1-3H3,(H,20,25)(H,23,24)/b11-4-. The number of nitrogens with one attached hydrogen (secondary N) is 1.